The molecule has 0 saturated carbocycles. The van der Waals surface area contributed by atoms with E-state index in [1.807, 2.05) is 12.1 Å². The van der Waals surface area contributed by atoms with Crippen molar-refractivity contribution in [1.82, 2.24) is 4.98 Å². The Hall–Kier alpha value is -2.35. The molecule has 3 rings (SSSR count). The van der Waals surface area contributed by atoms with Gasteiger partial charge in [0.1, 0.15) is 5.82 Å². The van der Waals surface area contributed by atoms with Gasteiger partial charge in [-0.2, -0.15) is 0 Å². The molecule has 2 heteroatoms. The summed E-state index contributed by atoms with van der Waals surface area (Å²) >= 11 is 0. The van der Waals surface area contributed by atoms with Gasteiger partial charge in [0.2, 0.25) is 0 Å². The average molecular weight is 262 g/mol. The molecule has 3 aromatic rings. The van der Waals surface area contributed by atoms with Crippen LogP contribution in [0.15, 0.2) is 60.7 Å². The van der Waals surface area contributed by atoms with E-state index >= 15 is 0 Å². The van der Waals surface area contributed by atoms with Crippen LogP contribution in [0.3, 0.4) is 0 Å². The van der Waals surface area contributed by atoms with Crippen LogP contribution >= 0.6 is 0 Å². The molecule has 0 aliphatic carbocycles. The molecule has 0 aliphatic rings. The highest BCUT2D eigenvalue weighted by atomic mass is 15.0. The van der Waals surface area contributed by atoms with Crippen LogP contribution < -0.4 is 5.32 Å². The molecule has 0 unspecified atom stereocenters. The molecule has 0 radical (unpaired) electrons. The minimum atomic E-state index is 0.898. The van der Waals surface area contributed by atoms with Crippen molar-refractivity contribution in [2.75, 3.05) is 11.9 Å². The quantitative estimate of drug-likeness (QED) is 0.762. The first-order chi connectivity index (χ1) is 9.83. The fourth-order valence-corrected chi connectivity index (χ4v) is 2.42. The van der Waals surface area contributed by atoms with Crippen molar-refractivity contribution in [3.63, 3.8) is 0 Å². The van der Waals surface area contributed by atoms with Crippen molar-refractivity contribution in [2.45, 2.75) is 13.3 Å². The van der Waals surface area contributed by atoms with E-state index in [0.29, 0.717) is 0 Å². The van der Waals surface area contributed by atoms with Crippen molar-refractivity contribution < 1.29 is 0 Å². The number of benzene rings is 2. The van der Waals surface area contributed by atoms with Crippen LogP contribution in [-0.2, 0) is 6.42 Å². The van der Waals surface area contributed by atoms with Crippen molar-refractivity contribution in [3.05, 3.63) is 71.8 Å². The van der Waals surface area contributed by atoms with Gasteiger partial charge in [-0.15, -0.1) is 0 Å². The molecule has 0 aliphatic heterocycles. The number of anilines is 1. The van der Waals surface area contributed by atoms with Gasteiger partial charge in [0.15, 0.2) is 0 Å². The zero-order valence-corrected chi connectivity index (χ0v) is 11.6. The van der Waals surface area contributed by atoms with Gasteiger partial charge in [-0.05, 0) is 36.6 Å². The standard InChI is InChI=1S/C18H18N2/c1-14-13-18(20-17-10-6-5-9-16(14)17)19-12-11-15-7-3-2-4-8-15/h2-10,13H,11-12H2,1H3,(H,19,20). The summed E-state index contributed by atoms with van der Waals surface area (Å²) < 4.78 is 0. The molecule has 20 heavy (non-hydrogen) atoms. The van der Waals surface area contributed by atoms with Crippen LogP contribution in [0.2, 0.25) is 0 Å². The highest BCUT2D eigenvalue weighted by Gasteiger charge is 2.01. The lowest BCUT2D eigenvalue weighted by atomic mass is 10.1. The van der Waals surface area contributed by atoms with Crippen LogP contribution in [0.1, 0.15) is 11.1 Å². The van der Waals surface area contributed by atoms with E-state index in [0.717, 1.165) is 24.3 Å². The molecule has 1 heterocycles. The molecule has 2 nitrogen and oxygen atoms in total. The van der Waals surface area contributed by atoms with Gasteiger partial charge >= 0.3 is 0 Å². The number of hydrogen-bond acceptors (Lipinski definition) is 2. The van der Waals surface area contributed by atoms with Crippen LogP contribution in [0.25, 0.3) is 10.9 Å². The second kappa shape index (κ2) is 5.74. The normalized spacial score (nSPS) is 10.7. The number of fused-ring (bicyclic) bond motifs is 1. The molecule has 0 spiro atoms. The number of para-hydroxylation sites is 1. The lowest BCUT2D eigenvalue weighted by Gasteiger charge is -2.09. The number of nitrogens with one attached hydrogen (secondary N) is 1. The number of pyridine rings is 1. The molecular weight excluding hydrogens is 244 g/mol. The van der Waals surface area contributed by atoms with Crippen LogP contribution in [0.4, 0.5) is 5.82 Å². The molecule has 0 bridgehead atoms. The van der Waals surface area contributed by atoms with Gasteiger partial charge in [-0.3, -0.25) is 0 Å². The highest BCUT2D eigenvalue weighted by molar-refractivity contribution is 5.83. The minimum Gasteiger partial charge on any atom is -0.370 e. The summed E-state index contributed by atoms with van der Waals surface area (Å²) in [5.74, 6) is 0.956. The van der Waals surface area contributed by atoms with E-state index in [4.69, 9.17) is 0 Å². The summed E-state index contributed by atoms with van der Waals surface area (Å²) in [6.45, 7) is 3.03. The fourth-order valence-electron chi connectivity index (χ4n) is 2.42. The largest absolute Gasteiger partial charge is 0.370 e. The first kappa shape index (κ1) is 12.7. The van der Waals surface area contributed by atoms with Gasteiger partial charge in [-0.25, -0.2) is 4.98 Å². The first-order valence-electron chi connectivity index (χ1n) is 6.97. The Morgan fingerprint density at radius 3 is 2.55 bits per heavy atom. The van der Waals surface area contributed by atoms with Crippen molar-refractivity contribution in [3.8, 4) is 0 Å². The Kier molecular flexibility index (Phi) is 3.64. The summed E-state index contributed by atoms with van der Waals surface area (Å²) in [6.07, 6.45) is 1.01. The number of aryl methyl sites for hydroxylation is 1. The van der Waals surface area contributed by atoms with E-state index in [1.165, 1.54) is 16.5 Å². The second-order valence-electron chi connectivity index (χ2n) is 5.00. The average Bonchev–Trinajstić information content (AvgIpc) is 2.48. The Morgan fingerprint density at radius 1 is 0.950 bits per heavy atom. The lowest BCUT2D eigenvalue weighted by molar-refractivity contribution is 1.01. The van der Waals surface area contributed by atoms with Crippen LogP contribution in [0.5, 0.6) is 0 Å². The van der Waals surface area contributed by atoms with Crippen molar-refractivity contribution in [1.29, 1.82) is 0 Å². The number of hydrogen-bond donors (Lipinski definition) is 1. The maximum absolute atomic E-state index is 4.66. The molecule has 0 saturated heterocycles. The molecule has 0 amide bonds. The van der Waals surface area contributed by atoms with Gasteiger partial charge in [0.05, 0.1) is 5.52 Å². The van der Waals surface area contributed by atoms with E-state index in [1.54, 1.807) is 0 Å². The SMILES string of the molecule is Cc1cc(NCCc2ccccc2)nc2ccccc12. The van der Waals surface area contributed by atoms with Gasteiger partial charge in [-0.1, -0.05) is 48.5 Å². The molecule has 100 valence electrons. The Balaban J connectivity index is 1.72. The molecule has 2 aromatic carbocycles. The molecule has 0 fully saturated rings. The predicted octanol–water partition coefficient (Wildman–Crippen LogP) is 4.20. The number of aromatic nitrogens is 1. The zero-order valence-electron chi connectivity index (χ0n) is 11.6. The van der Waals surface area contributed by atoms with Gasteiger partial charge in [0, 0.05) is 11.9 Å². The van der Waals surface area contributed by atoms with E-state index in [9.17, 15) is 0 Å². The Bertz CT molecular complexity index is 705. The maximum atomic E-state index is 4.66. The van der Waals surface area contributed by atoms with E-state index < -0.39 is 0 Å². The first-order valence-corrected chi connectivity index (χ1v) is 6.97. The van der Waals surface area contributed by atoms with E-state index in [-0.39, 0.29) is 0 Å². The van der Waals surface area contributed by atoms with Crippen LogP contribution in [-0.4, -0.2) is 11.5 Å². The Labute approximate surface area is 119 Å². The van der Waals surface area contributed by atoms with Crippen LogP contribution in [0, 0.1) is 6.92 Å². The highest BCUT2D eigenvalue weighted by Crippen LogP contribution is 2.19. The summed E-state index contributed by atoms with van der Waals surface area (Å²) in [6, 6.07) is 20.9. The molecule has 1 aromatic heterocycles. The molecule has 0 atom stereocenters. The van der Waals surface area contributed by atoms with Crippen molar-refractivity contribution >= 4 is 16.7 Å². The summed E-state index contributed by atoms with van der Waals surface area (Å²) in [5, 5.41) is 4.64. The lowest BCUT2D eigenvalue weighted by Crippen LogP contribution is -2.06. The molecular formula is C18H18N2. The van der Waals surface area contributed by atoms with Crippen molar-refractivity contribution in [2.24, 2.45) is 0 Å². The zero-order chi connectivity index (χ0) is 13.8. The molecule has 1 N–H and O–H groups in total. The monoisotopic (exact) mass is 262 g/mol. The van der Waals surface area contributed by atoms with Gasteiger partial charge < -0.3 is 5.32 Å². The maximum Gasteiger partial charge on any atom is 0.126 e. The third-order valence-electron chi connectivity index (χ3n) is 3.49. The third kappa shape index (κ3) is 2.80. The summed E-state index contributed by atoms with van der Waals surface area (Å²) in [5.41, 5.74) is 3.66. The van der Waals surface area contributed by atoms with E-state index in [2.05, 4.69) is 65.8 Å². The summed E-state index contributed by atoms with van der Waals surface area (Å²) in [7, 11) is 0. The second-order valence-corrected chi connectivity index (χ2v) is 5.00. The Morgan fingerprint density at radius 2 is 1.70 bits per heavy atom. The minimum absolute atomic E-state index is 0.898. The number of nitrogens with zero attached hydrogens (tertiary/aromatic N) is 1. The topological polar surface area (TPSA) is 24.9 Å². The predicted molar refractivity (Wildman–Crippen MR) is 85.1 cm³/mol. The fraction of sp³-hybridized carbons (Fsp3) is 0.167. The number of rotatable bonds is 4. The van der Waals surface area contributed by atoms with Gasteiger partial charge in [0.25, 0.3) is 0 Å². The third-order valence-corrected chi connectivity index (χ3v) is 3.49. The smallest absolute Gasteiger partial charge is 0.126 e. The summed E-state index contributed by atoms with van der Waals surface area (Å²) in [4.78, 5) is 4.66.